The maximum atomic E-state index is 13.2. The molecule has 0 unspecified atom stereocenters. The molecule has 33 heavy (non-hydrogen) atoms. The van der Waals surface area contributed by atoms with Crippen LogP contribution >= 0.6 is 0 Å². The van der Waals surface area contributed by atoms with Gasteiger partial charge in [0.05, 0.1) is 23.0 Å². The SMILES string of the molecule is Cc1cc(=O)[nH]c(NN=Cc2c(O)n(-c3cccc(C(F)(F)F)c3)c(=O)c3ccccc23)n1. The zero-order chi connectivity index (χ0) is 23.8. The van der Waals surface area contributed by atoms with Crippen molar-refractivity contribution in [1.82, 2.24) is 14.5 Å². The molecule has 2 aromatic carbocycles. The lowest BCUT2D eigenvalue weighted by molar-refractivity contribution is -0.137. The lowest BCUT2D eigenvalue weighted by atomic mass is 10.1. The fourth-order valence-electron chi connectivity index (χ4n) is 3.34. The monoisotopic (exact) mass is 455 g/mol. The highest BCUT2D eigenvalue weighted by molar-refractivity contribution is 6.01. The van der Waals surface area contributed by atoms with E-state index in [0.717, 1.165) is 22.8 Å². The van der Waals surface area contributed by atoms with Crippen molar-refractivity contribution in [3.8, 4) is 11.6 Å². The minimum atomic E-state index is -4.63. The van der Waals surface area contributed by atoms with E-state index in [1.165, 1.54) is 24.4 Å². The molecule has 11 heteroatoms. The zero-order valence-corrected chi connectivity index (χ0v) is 17.0. The average Bonchev–Trinajstić information content (AvgIpc) is 2.75. The molecule has 4 rings (SSSR count). The number of halogens is 3. The number of aromatic hydroxyl groups is 1. The molecular weight excluding hydrogens is 439 g/mol. The number of hydrogen-bond acceptors (Lipinski definition) is 6. The Morgan fingerprint density at radius 2 is 1.82 bits per heavy atom. The van der Waals surface area contributed by atoms with E-state index in [4.69, 9.17) is 0 Å². The van der Waals surface area contributed by atoms with Crippen LogP contribution in [0.5, 0.6) is 5.88 Å². The quantitative estimate of drug-likeness (QED) is 0.322. The van der Waals surface area contributed by atoms with Crippen LogP contribution in [0.3, 0.4) is 0 Å². The maximum absolute atomic E-state index is 13.2. The highest BCUT2D eigenvalue weighted by Crippen LogP contribution is 2.32. The first-order valence-electron chi connectivity index (χ1n) is 9.56. The van der Waals surface area contributed by atoms with E-state index in [9.17, 15) is 27.9 Å². The number of alkyl halides is 3. The Morgan fingerprint density at radius 3 is 2.52 bits per heavy atom. The summed E-state index contributed by atoms with van der Waals surface area (Å²) in [6, 6.07) is 11.7. The van der Waals surface area contributed by atoms with E-state index < -0.39 is 28.7 Å². The molecule has 0 amide bonds. The Kier molecular flexibility index (Phi) is 5.46. The summed E-state index contributed by atoms with van der Waals surface area (Å²) >= 11 is 0. The second-order valence-electron chi connectivity index (χ2n) is 7.08. The number of anilines is 1. The molecule has 0 saturated heterocycles. The molecule has 168 valence electrons. The number of benzene rings is 2. The number of pyridine rings is 1. The third kappa shape index (κ3) is 4.33. The van der Waals surface area contributed by atoms with Crippen LogP contribution in [0.25, 0.3) is 16.5 Å². The first-order chi connectivity index (χ1) is 15.6. The second-order valence-corrected chi connectivity index (χ2v) is 7.08. The van der Waals surface area contributed by atoms with E-state index >= 15 is 0 Å². The number of fused-ring (bicyclic) bond motifs is 1. The molecule has 0 aliphatic carbocycles. The molecule has 0 aliphatic rings. The number of nitrogens with one attached hydrogen (secondary N) is 2. The van der Waals surface area contributed by atoms with Gasteiger partial charge in [-0.3, -0.25) is 14.6 Å². The van der Waals surface area contributed by atoms with E-state index in [1.807, 2.05) is 0 Å². The predicted octanol–water partition coefficient (Wildman–Crippen LogP) is 3.55. The van der Waals surface area contributed by atoms with Gasteiger partial charge in [0.15, 0.2) is 0 Å². The molecule has 2 aromatic heterocycles. The Labute approximate surface area is 183 Å². The summed E-state index contributed by atoms with van der Waals surface area (Å²) in [5, 5.41) is 15.3. The Bertz CT molecular complexity index is 1510. The number of hydrazone groups is 1. The first kappa shape index (κ1) is 21.8. The van der Waals surface area contributed by atoms with Crippen molar-refractivity contribution < 1.29 is 18.3 Å². The van der Waals surface area contributed by atoms with Crippen molar-refractivity contribution >= 4 is 22.9 Å². The van der Waals surface area contributed by atoms with Crippen molar-refractivity contribution in [2.24, 2.45) is 5.10 Å². The standard InChI is InChI=1S/C22H16F3N5O3/c1-12-9-18(31)28-21(27-12)29-26-11-17-15-7-2-3-8-16(15)19(32)30(20(17)33)14-6-4-5-13(10-14)22(23,24)25/h2-11,33H,1H3,(H2,27,28,29,31). The van der Waals surface area contributed by atoms with Gasteiger partial charge in [0.2, 0.25) is 11.8 Å². The largest absolute Gasteiger partial charge is 0.494 e. The van der Waals surface area contributed by atoms with Crippen molar-refractivity contribution in [1.29, 1.82) is 0 Å². The third-order valence-corrected chi connectivity index (χ3v) is 4.77. The minimum absolute atomic E-state index is 0.0474. The average molecular weight is 455 g/mol. The lowest BCUT2D eigenvalue weighted by Crippen LogP contribution is -2.20. The smallest absolute Gasteiger partial charge is 0.416 e. The fourth-order valence-corrected chi connectivity index (χ4v) is 3.34. The third-order valence-electron chi connectivity index (χ3n) is 4.77. The highest BCUT2D eigenvalue weighted by Gasteiger charge is 2.31. The number of aromatic amines is 1. The molecule has 0 fully saturated rings. The Hall–Kier alpha value is -4.41. The first-order valence-corrected chi connectivity index (χ1v) is 9.56. The molecule has 0 aliphatic heterocycles. The van der Waals surface area contributed by atoms with Gasteiger partial charge in [-0.2, -0.15) is 18.3 Å². The molecule has 0 saturated carbocycles. The van der Waals surface area contributed by atoms with Gasteiger partial charge in [-0.25, -0.2) is 15.0 Å². The zero-order valence-electron chi connectivity index (χ0n) is 17.0. The normalized spacial score (nSPS) is 11.9. The fraction of sp³-hybridized carbons (Fsp3) is 0.0909. The van der Waals surface area contributed by atoms with Gasteiger partial charge in [-0.1, -0.05) is 24.3 Å². The van der Waals surface area contributed by atoms with Crippen LogP contribution in [0, 0.1) is 6.92 Å². The number of H-pyrrole nitrogens is 1. The number of rotatable bonds is 4. The van der Waals surface area contributed by atoms with Crippen molar-refractivity contribution in [3.05, 3.63) is 92.1 Å². The van der Waals surface area contributed by atoms with Crippen LogP contribution in [0.2, 0.25) is 0 Å². The topological polar surface area (TPSA) is 112 Å². The van der Waals surface area contributed by atoms with Crippen LogP contribution in [-0.2, 0) is 6.18 Å². The maximum Gasteiger partial charge on any atom is 0.416 e. The van der Waals surface area contributed by atoms with E-state index in [1.54, 1.807) is 25.1 Å². The summed E-state index contributed by atoms with van der Waals surface area (Å²) in [7, 11) is 0. The number of nitrogens with zero attached hydrogens (tertiary/aromatic N) is 3. The summed E-state index contributed by atoms with van der Waals surface area (Å²) in [6.07, 6.45) is -3.44. The van der Waals surface area contributed by atoms with Gasteiger partial charge >= 0.3 is 6.18 Å². The Morgan fingerprint density at radius 1 is 1.09 bits per heavy atom. The van der Waals surface area contributed by atoms with Crippen molar-refractivity contribution in [2.45, 2.75) is 13.1 Å². The van der Waals surface area contributed by atoms with E-state index in [0.29, 0.717) is 11.1 Å². The highest BCUT2D eigenvalue weighted by atomic mass is 19.4. The van der Waals surface area contributed by atoms with Crippen LogP contribution in [0.1, 0.15) is 16.8 Å². The summed E-state index contributed by atoms with van der Waals surface area (Å²) in [4.78, 5) is 31.1. The van der Waals surface area contributed by atoms with Gasteiger partial charge in [0, 0.05) is 22.5 Å². The van der Waals surface area contributed by atoms with Crippen molar-refractivity contribution in [2.75, 3.05) is 5.43 Å². The molecule has 8 nitrogen and oxygen atoms in total. The van der Waals surface area contributed by atoms with Crippen LogP contribution in [0.15, 0.2) is 69.3 Å². The van der Waals surface area contributed by atoms with Gasteiger partial charge in [-0.05, 0) is 31.2 Å². The molecule has 0 radical (unpaired) electrons. The summed E-state index contributed by atoms with van der Waals surface area (Å²) < 4.78 is 40.4. The van der Waals surface area contributed by atoms with E-state index in [-0.39, 0.29) is 22.6 Å². The molecule has 3 N–H and O–H groups in total. The molecule has 4 aromatic rings. The van der Waals surface area contributed by atoms with Gasteiger partial charge in [0.1, 0.15) is 0 Å². The van der Waals surface area contributed by atoms with Gasteiger partial charge in [0.25, 0.3) is 11.1 Å². The summed E-state index contributed by atoms with van der Waals surface area (Å²) in [5.74, 6) is -0.555. The van der Waals surface area contributed by atoms with E-state index in [2.05, 4.69) is 20.5 Å². The summed E-state index contributed by atoms with van der Waals surface area (Å²) in [5.41, 5.74) is 0.824. The summed E-state index contributed by atoms with van der Waals surface area (Å²) in [6.45, 7) is 1.62. The number of aromatic nitrogens is 3. The minimum Gasteiger partial charge on any atom is -0.494 e. The van der Waals surface area contributed by atoms with Crippen LogP contribution in [-0.4, -0.2) is 25.9 Å². The molecule has 0 bridgehead atoms. The number of hydrogen-bond donors (Lipinski definition) is 3. The molecule has 0 spiro atoms. The van der Waals surface area contributed by atoms with Gasteiger partial charge in [-0.15, -0.1) is 0 Å². The van der Waals surface area contributed by atoms with Gasteiger partial charge < -0.3 is 5.11 Å². The Balaban J connectivity index is 1.87. The predicted molar refractivity (Wildman–Crippen MR) is 117 cm³/mol. The number of aryl methyl sites for hydroxylation is 1. The lowest BCUT2D eigenvalue weighted by Gasteiger charge is -2.15. The van der Waals surface area contributed by atoms with Crippen LogP contribution < -0.4 is 16.5 Å². The second kappa shape index (κ2) is 8.26. The van der Waals surface area contributed by atoms with Crippen LogP contribution in [0.4, 0.5) is 19.1 Å². The molecule has 2 heterocycles. The van der Waals surface area contributed by atoms with Crippen molar-refractivity contribution in [3.63, 3.8) is 0 Å². The molecular formula is C22H16F3N5O3. The molecule has 0 atom stereocenters.